The molecule has 1 heterocycles. The number of allylic oxidation sites excluding steroid dienone is 1. The number of fused-ring (bicyclic) bond motifs is 1. The lowest BCUT2D eigenvalue weighted by Gasteiger charge is -2.08. The van der Waals surface area contributed by atoms with Crippen LogP contribution < -0.4 is 5.32 Å². The quantitative estimate of drug-likeness (QED) is 0.766. The van der Waals surface area contributed by atoms with Crippen LogP contribution in [-0.2, 0) is 17.8 Å². The van der Waals surface area contributed by atoms with Gasteiger partial charge in [-0.1, -0.05) is 30.3 Å². The third-order valence-electron chi connectivity index (χ3n) is 3.01. The molecule has 0 saturated heterocycles. The second-order valence-electron chi connectivity index (χ2n) is 4.34. The fraction of sp³-hybridized carbons (Fsp3) is 0.357. The number of rotatable bonds is 2. The van der Waals surface area contributed by atoms with Gasteiger partial charge in [-0.05, 0) is 29.5 Å². The summed E-state index contributed by atoms with van der Waals surface area (Å²) in [5.74, 6) is -0.755. The zero-order chi connectivity index (χ0) is 12.1. The van der Waals surface area contributed by atoms with Crippen molar-refractivity contribution in [1.29, 1.82) is 0 Å². The molecule has 3 heteroatoms. The van der Waals surface area contributed by atoms with Gasteiger partial charge in [0.2, 0.25) is 0 Å². The number of hydrogen-bond donors (Lipinski definition) is 2. The van der Waals surface area contributed by atoms with Crippen LogP contribution in [0.5, 0.6) is 0 Å². The molecule has 0 bridgehead atoms. The molecule has 17 heavy (non-hydrogen) atoms. The van der Waals surface area contributed by atoms with E-state index < -0.39 is 5.97 Å². The maximum Gasteiger partial charge on any atom is 0.307 e. The van der Waals surface area contributed by atoms with Crippen molar-refractivity contribution in [2.24, 2.45) is 0 Å². The average Bonchev–Trinajstić information content (AvgIpc) is 2.38. The molecule has 0 aliphatic carbocycles. The van der Waals surface area contributed by atoms with Crippen LogP contribution in [0.1, 0.15) is 24.0 Å². The number of nitrogens with one attached hydrogen (secondary N) is 1. The lowest BCUT2D eigenvalue weighted by Crippen LogP contribution is -2.18. The molecule has 1 aromatic carbocycles. The van der Waals surface area contributed by atoms with Crippen LogP contribution >= 0.6 is 0 Å². The summed E-state index contributed by atoms with van der Waals surface area (Å²) in [6, 6.07) is 8.38. The molecule has 0 fully saturated rings. The predicted octanol–water partition coefficient (Wildman–Crippen LogP) is 2.12. The zero-order valence-electron chi connectivity index (χ0n) is 9.78. The molecular weight excluding hydrogens is 214 g/mol. The molecule has 3 nitrogen and oxygen atoms in total. The first-order valence-corrected chi connectivity index (χ1v) is 5.93. The number of benzene rings is 1. The van der Waals surface area contributed by atoms with Crippen molar-refractivity contribution in [2.45, 2.75) is 25.8 Å². The van der Waals surface area contributed by atoms with Gasteiger partial charge < -0.3 is 10.4 Å². The van der Waals surface area contributed by atoms with Crippen LogP contribution in [0.25, 0.3) is 0 Å². The summed E-state index contributed by atoms with van der Waals surface area (Å²) in [6.45, 7) is 1.48. The average molecular weight is 231 g/mol. The standard InChI is InChI=1S/C14H17NO2/c16-14(17)8-11-4-3-7-12-5-1-2-6-13(12)10-15-9-11/h1-2,4-6,15H,3,7-10H2,(H,16,17)/b11-4-. The number of aliphatic carboxylic acids is 1. The van der Waals surface area contributed by atoms with Crippen molar-refractivity contribution < 1.29 is 9.90 Å². The second-order valence-corrected chi connectivity index (χ2v) is 4.34. The van der Waals surface area contributed by atoms with E-state index in [0.29, 0.717) is 6.54 Å². The number of aryl methyl sites for hydroxylation is 1. The van der Waals surface area contributed by atoms with E-state index in [2.05, 4.69) is 29.6 Å². The normalized spacial score (nSPS) is 19.2. The van der Waals surface area contributed by atoms with Gasteiger partial charge in [0.05, 0.1) is 6.42 Å². The van der Waals surface area contributed by atoms with E-state index in [1.807, 2.05) is 6.07 Å². The van der Waals surface area contributed by atoms with E-state index in [1.165, 1.54) is 11.1 Å². The SMILES string of the molecule is O=C(O)C/C1=C/CCc2ccccc2CNC1. The molecule has 0 spiro atoms. The third kappa shape index (κ3) is 3.43. The Kier molecular flexibility index (Phi) is 3.94. The fourth-order valence-corrected chi connectivity index (χ4v) is 2.16. The Bertz CT molecular complexity index is 438. The molecule has 0 amide bonds. The van der Waals surface area contributed by atoms with Crippen molar-refractivity contribution in [3.8, 4) is 0 Å². The third-order valence-corrected chi connectivity index (χ3v) is 3.01. The largest absolute Gasteiger partial charge is 0.481 e. The summed E-state index contributed by atoms with van der Waals surface area (Å²) in [5.41, 5.74) is 3.65. The van der Waals surface area contributed by atoms with Crippen molar-refractivity contribution in [2.75, 3.05) is 6.54 Å². The van der Waals surface area contributed by atoms with Crippen LogP contribution in [0, 0.1) is 0 Å². The Morgan fingerprint density at radius 3 is 2.76 bits per heavy atom. The van der Waals surface area contributed by atoms with E-state index in [4.69, 9.17) is 5.11 Å². The number of hydrogen-bond acceptors (Lipinski definition) is 2. The zero-order valence-corrected chi connectivity index (χ0v) is 9.78. The van der Waals surface area contributed by atoms with Crippen LogP contribution in [0.15, 0.2) is 35.9 Å². The van der Waals surface area contributed by atoms with Crippen LogP contribution in [0.3, 0.4) is 0 Å². The predicted molar refractivity (Wildman–Crippen MR) is 66.8 cm³/mol. The highest BCUT2D eigenvalue weighted by Crippen LogP contribution is 2.14. The maximum absolute atomic E-state index is 10.7. The Morgan fingerprint density at radius 1 is 1.24 bits per heavy atom. The number of carbonyl (C=O) groups is 1. The maximum atomic E-state index is 10.7. The Morgan fingerprint density at radius 2 is 2.00 bits per heavy atom. The van der Waals surface area contributed by atoms with Crippen LogP contribution in [0.2, 0.25) is 0 Å². The Labute approximate surface area is 101 Å². The molecule has 90 valence electrons. The minimum Gasteiger partial charge on any atom is -0.481 e. The molecule has 2 rings (SSSR count). The van der Waals surface area contributed by atoms with Crippen molar-refractivity contribution in [1.82, 2.24) is 5.32 Å². The van der Waals surface area contributed by atoms with Gasteiger partial charge in [0, 0.05) is 13.1 Å². The molecule has 0 saturated carbocycles. The second kappa shape index (κ2) is 5.64. The van der Waals surface area contributed by atoms with E-state index >= 15 is 0 Å². The molecule has 0 atom stereocenters. The van der Waals surface area contributed by atoms with Gasteiger partial charge in [-0.3, -0.25) is 4.79 Å². The molecule has 2 N–H and O–H groups in total. The first-order valence-electron chi connectivity index (χ1n) is 5.93. The van der Waals surface area contributed by atoms with Gasteiger partial charge in [0.25, 0.3) is 0 Å². The van der Waals surface area contributed by atoms with Gasteiger partial charge in [0.15, 0.2) is 0 Å². The molecule has 0 radical (unpaired) electrons. The van der Waals surface area contributed by atoms with Gasteiger partial charge in [-0.25, -0.2) is 0 Å². The molecule has 0 unspecified atom stereocenters. The van der Waals surface area contributed by atoms with Gasteiger partial charge >= 0.3 is 5.97 Å². The topological polar surface area (TPSA) is 49.3 Å². The highest BCUT2D eigenvalue weighted by molar-refractivity contribution is 5.70. The highest BCUT2D eigenvalue weighted by atomic mass is 16.4. The number of carboxylic acids is 1. The summed E-state index contributed by atoms with van der Waals surface area (Å²) >= 11 is 0. The van der Waals surface area contributed by atoms with E-state index in [0.717, 1.165) is 25.0 Å². The van der Waals surface area contributed by atoms with E-state index in [1.54, 1.807) is 0 Å². The Hall–Kier alpha value is -1.61. The summed E-state index contributed by atoms with van der Waals surface area (Å²) in [7, 11) is 0. The smallest absolute Gasteiger partial charge is 0.307 e. The van der Waals surface area contributed by atoms with Crippen LogP contribution in [0.4, 0.5) is 0 Å². The molecule has 0 aromatic heterocycles. The van der Waals surface area contributed by atoms with E-state index in [9.17, 15) is 4.79 Å². The van der Waals surface area contributed by atoms with Gasteiger partial charge in [-0.15, -0.1) is 0 Å². The van der Waals surface area contributed by atoms with Crippen molar-refractivity contribution >= 4 is 5.97 Å². The summed E-state index contributed by atoms with van der Waals surface area (Å²) in [4.78, 5) is 10.7. The summed E-state index contributed by atoms with van der Waals surface area (Å²) in [5, 5.41) is 12.1. The minimum absolute atomic E-state index is 0.142. The fourth-order valence-electron chi connectivity index (χ4n) is 2.16. The number of carboxylic acid groups (broad SMARTS) is 1. The monoisotopic (exact) mass is 231 g/mol. The van der Waals surface area contributed by atoms with Crippen molar-refractivity contribution in [3.63, 3.8) is 0 Å². The molecule has 1 aliphatic rings. The van der Waals surface area contributed by atoms with Crippen LogP contribution in [-0.4, -0.2) is 17.6 Å². The first-order chi connectivity index (χ1) is 8.25. The highest BCUT2D eigenvalue weighted by Gasteiger charge is 2.08. The first kappa shape index (κ1) is 11.9. The molecule has 1 aromatic rings. The lowest BCUT2D eigenvalue weighted by molar-refractivity contribution is -0.136. The minimum atomic E-state index is -0.755. The van der Waals surface area contributed by atoms with Gasteiger partial charge in [0.1, 0.15) is 0 Å². The lowest BCUT2D eigenvalue weighted by atomic mass is 10.0. The summed E-state index contributed by atoms with van der Waals surface area (Å²) in [6.07, 6.45) is 4.11. The summed E-state index contributed by atoms with van der Waals surface area (Å²) < 4.78 is 0. The van der Waals surface area contributed by atoms with Crippen molar-refractivity contribution in [3.05, 3.63) is 47.0 Å². The van der Waals surface area contributed by atoms with E-state index in [-0.39, 0.29) is 6.42 Å². The van der Waals surface area contributed by atoms with Gasteiger partial charge in [-0.2, -0.15) is 0 Å². The molecule has 1 aliphatic heterocycles. The Balaban J connectivity index is 2.08. The molecular formula is C14H17NO2.